The Morgan fingerprint density at radius 1 is 0.959 bits per heavy atom. The van der Waals surface area contributed by atoms with Crippen molar-refractivity contribution in [1.82, 2.24) is 4.90 Å². The summed E-state index contributed by atoms with van der Waals surface area (Å²) >= 11 is 0. The van der Waals surface area contributed by atoms with Crippen molar-refractivity contribution in [3.05, 3.63) is 95.6 Å². The number of fused-ring (bicyclic) bond motifs is 2. The average molecular weight is 684 g/mol. The lowest BCUT2D eigenvalue weighted by molar-refractivity contribution is -0.150. The first-order valence-electron chi connectivity index (χ1n) is 17.7. The normalized spacial score (nSPS) is 24.2. The Morgan fingerprint density at radius 3 is 2.31 bits per heavy atom. The van der Waals surface area contributed by atoms with Crippen LogP contribution in [0.1, 0.15) is 62.1 Å². The SMILES string of the molecule is C[C@@H]1[C@@H]([Si](C)(C)O)[C@H](CC(=O)N(CCO)Cc2ccccc2)O[C@@]12C(=O)N(Cc1ccccc1)c1ccc(N3CCCCCCC3=O)cc12. The number of carbonyl (C=O) groups excluding carboxylic acids is 3. The molecule has 49 heavy (non-hydrogen) atoms. The van der Waals surface area contributed by atoms with E-state index in [1.807, 2.05) is 104 Å². The first kappa shape index (κ1) is 35.0. The largest absolute Gasteiger partial charge is 0.432 e. The van der Waals surface area contributed by atoms with E-state index < -0.39 is 31.5 Å². The quantitative estimate of drug-likeness (QED) is 0.264. The molecule has 3 amide bonds. The molecule has 1 spiro atoms. The summed E-state index contributed by atoms with van der Waals surface area (Å²) in [6, 6.07) is 25.3. The van der Waals surface area contributed by atoms with Gasteiger partial charge in [0.05, 0.1) is 31.4 Å². The highest BCUT2D eigenvalue weighted by Crippen LogP contribution is 2.60. The minimum absolute atomic E-state index is 0.0355. The van der Waals surface area contributed by atoms with Crippen LogP contribution in [0.15, 0.2) is 78.9 Å². The van der Waals surface area contributed by atoms with Crippen molar-refractivity contribution < 1.29 is 29.0 Å². The van der Waals surface area contributed by atoms with Gasteiger partial charge in [-0.1, -0.05) is 80.4 Å². The minimum Gasteiger partial charge on any atom is -0.432 e. The van der Waals surface area contributed by atoms with Crippen LogP contribution in [0, 0.1) is 5.92 Å². The number of aliphatic hydroxyl groups is 1. The van der Waals surface area contributed by atoms with E-state index in [1.54, 1.807) is 9.80 Å². The summed E-state index contributed by atoms with van der Waals surface area (Å²) < 4.78 is 7.00. The minimum atomic E-state index is -3.03. The summed E-state index contributed by atoms with van der Waals surface area (Å²) in [5, 5.41) is 9.86. The molecule has 3 aromatic carbocycles. The lowest BCUT2D eigenvalue weighted by Gasteiger charge is -2.33. The second-order valence-corrected chi connectivity index (χ2v) is 18.4. The number of benzene rings is 3. The van der Waals surface area contributed by atoms with Crippen molar-refractivity contribution in [2.75, 3.05) is 29.5 Å². The number of rotatable bonds is 10. The molecule has 0 aliphatic carbocycles. The van der Waals surface area contributed by atoms with Crippen molar-refractivity contribution in [3.8, 4) is 0 Å². The first-order chi connectivity index (χ1) is 23.5. The van der Waals surface area contributed by atoms with Gasteiger partial charge in [0.1, 0.15) is 0 Å². The third-order valence-corrected chi connectivity index (χ3v) is 13.1. The highest BCUT2D eigenvalue weighted by atomic mass is 28.4. The van der Waals surface area contributed by atoms with E-state index in [-0.39, 0.29) is 37.3 Å². The van der Waals surface area contributed by atoms with Gasteiger partial charge in [0.25, 0.3) is 5.91 Å². The second-order valence-electron chi connectivity index (χ2n) is 14.4. The summed E-state index contributed by atoms with van der Waals surface area (Å²) in [5.74, 6) is -0.804. The fourth-order valence-corrected chi connectivity index (χ4v) is 10.9. The standard InChI is InChI=1S/C39H49N3O6Si/c1-28-37(49(2,3)47)34(25-36(45)40(22-23-43)26-29-14-8-6-9-15-29)48-39(28)32-24-31(41-21-13-5-4-12-18-35(41)44)19-20-33(32)42(38(39)46)27-30-16-10-7-11-17-30/h6-11,14-17,19-20,24,28,34,37,43,47H,4-5,12-13,18,21-23,25-27H2,1-3H3/t28-,34+,37-,39+/m1/s1. The lowest BCUT2D eigenvalue weighted by Crippen LogP contribution is -2.46. The number of carbonyl (C=O) groups is 3. The summed E-state index contributed by atoms with van der Waals surface area (Å²) in [4.78, 5) is 59.3. The molecule has 10 heteroatoms. The zero-order valence-electron chi connectivity index (χ0n) is 28.9. The van der Waals surface area contributed by atoms with Gasteiger partial charge in [-0.2, -0.15) is 0 Å². The maximum absolute atomic E-state index is 15.0. The van der Waals surface area contributed by atoms with E-state index in [4.69, 9.17) is 4.74 Å². The molecule has 9 nitrogen and oxygen atoms in total. The van der Waals surface area contributed by atoms with Gasteiger partial charge in [0.15, 0.2) is 13.9 Å². The third-order valence-electron chi connectivity index (χ3n) is 10.6. The van der Waals surface area contributed by atoms with E-state index in [0.717, 1.165) is 48.2 Å². The number of hydrogen-bond acceptors (Lipinski definition) is 6. The molecule has 0 unspecified atom stereocenters. The summed E-state index contributed by atoms with van der Waals surface area (Å²) in [7, 11) is -3.03. The monoisotopic (exact) mass is 683 g/mol. The predicted octanol–water partition coefficient (Wildman–Crippen LogP) is 5.74. The molecule has 2 saturated heterocycles. The number of anilines is 2. The molecule has 3 aliphatic rings. The van der Waals surface area contributed by atoms with Gasteiger partial charge in [0, 0.05) is 48.8 Å². The summed E-state index contributed by atoms with van der Waals surface area (Å²) in [6.45, 7) is 6.91. The van der Waals surface area contributed by atoms with Gasteiger partial charge in [-0.15, -0.1) is 0 Å². The molecule has 0 bridgehead atoms. The Kier molecular flexibility index (Phi) is 10.4. The highest BCUT2D eigenvalue weighted by molar-refractivity contribution is 6.71. The van der Waals surface area contributed by atoms with Crippen molar-refractivity contribution >= 4 is 37.4 Å². The molecule has 260 valence electrons. The zero-order chi connectivity index (χ0) is 34.8. The van der Waals surface area contributed by atoms with E-state index in [0.29, 0.717) is 31.6 Å². The maximum Gasteiger partial charge on any atom is 0.264 e. The Hall–Kier alpha value is -3.83. The number of ether oxygens (including phenoxy) is 1. The molecule has 0 aromatic heterocycles. The second kappa shape index (κ2) is 14.6. The Balaban J connectivity index is 1.40. The van der Waals surface area contributed by atoms with Gasteiger partial charge in [-0.05, 0) is 55.3 Å². The maximum atomic E-state index is 15.0. The van der Waals surface area contributed by atoms with Gasteiger partial charge < -0.3 is 29.3 Å². The van der Waals surface area contributed by atoms with Crippen LogP contribution in [-0.4, -0.2) is 66.6 Å². The van der Waals surface area contributed by atoms with E-state index >= 15 is 0 Å². The van der Waals surface area contributed by atoms with Crippen LogP contribution in [0.25, 0.3) is 0 Å². The van der Waals surface area contributed by atoms with Gasteiger partial charge >= 0.3 is 0 Å². The Bertz CT molecular complexity index is 1650. The molecule has 0 saturated carbocycles. The molecule has 3 heterocycles. The molecule has 0 radical (unpaired) electrons. The Morgan fingerprint density at radius 2 is 1.63 bits per heavy atom. The topological polar surface area (TPSA) is 111 Å². The molecule has 2 N–H and O–H groups in total. The van der Waals surface area contributed by atoms with Crippen LogP contribution in [0.5, 0.6) is 0 Å². The summed E-state index contributed by atoms with van der Waals surface area (Å²) in [5.41, 5.74) is 2.16. The molecule has 6 rings (SSSR count). The fraction of sp³-hybridized carbons (Fsp3) is 0.462. The van der Waals surface area contributed by atoms with Crippen LogP contribution in [0.2, 0.25) is 18.6 Å². The number of hydrogen-bond donors (Lipinski definition) is 2. The number of nitrogens with zero attached hydrogens (tertiary/aromatic N) is 3. The van der Waals surface area contributed by atoms with Gasteiger partial charge in [0.2, 0.25) is 11.8 Å². The van der Waals surface area contributed by atoms with Crippen LogP contribution in [-0.2, 0) is 37.8 Å². The molecule has 3 aliphatic heterocycles. The lowest BCUT2D eigenvalue weighted by atomic mass is 9.82. The predicted molar refractivity (Wildman–Crippen MR) is 192 cm³/mol. The highest BCUT2D eigenvalue weighted by Gasteiger charge is 2.66. The third kappa shape index (κ3) is 6.97. The van der Waals surface area contributed by atoms with Crippen LogP contribution in [0.4, 0.5) is 11.4 Å². The van der Waals surface area contributed by atoms with E-state index in [1.165, 1.54) is 0 Å². The van der Waals surface area contributed by atoms with Crippen LogP contribution in [0.3, 0.4) is 0 Å². The summed E-state index contributed by atoms with van der Waals surface area (Å²) in [6.07, 6.45) is 3.59. The molecule has 4 atom stereocenters. The van der Waals surface area contributed by atoms with Crippen molar-refractivity contribution in [1.29, 1.82) is 0 Å². The Labute approximate surface area is 290 Å². The van der Waals surface area contributed by atoms with E-state index in [2.05, 4.69) is 0 Å². The average Bonchev–Trinajstić information content (AvgIpc) is 3.49. The fourth-order valence-electron chi connectivity index (χ4n) is 8.31. The number of aliphatic hydroxyl groups excluding tert-OH is 1. The van der Waals surface area contributed by atoms with Crippen molar-refractivity contribution in [2.45, 2.75) is 88.9 Å². The smallest absolute Gasteiger partial charge is 0.264 e. The molecular weight excluding hydrogens is 635 g/mol. The van der Waals surface area contributed by atoms with Gasteiger partial charge in [-0.25, -0.2) is 0 Å². The molecule has 2 fully saturated rings. The molecule has 3 aromatic rings. The first-order valence-corrected chi connectivity index (χ1v) is 20.7. The van der Waals surface area contributed by atoms with Crippen molar-refractivity contribution in [2.24, 2.45) is 5.92 Å². The molecular formula is C39H49N3O6Si. The van der Waals surface area contributed by atoms with Crippen LogP contribution < -0.4 is 9.80 Å². The van der Waals surface area contributed by atoms with Crippen LogP contribution >= 0.6 is 0 Å². The zero-order valence-corrected chi connectivity index (χ0v) is 29.9. The van der Waals surface area contributed by atoms with Crippen molar-refractivity contribution in [3.63, 3.8) is 0 Å². The number of amides is 3. The van der Waals surface area contributed by atoms with Gasteiger partial charge in [-0.3, -0.25) is 14.4 Å². The van der Waals surface area contributed by atoms with E-state index in [9.17, 15) is 24.3 Å².